The van der Waals surface area contributed by atoms with E-state index in [2.05, 4.69) is 0 Å². The first kappa shape index (κ1) is 19.0. The lowest BCUT2D eigenvalue weighted by Gasteiger charge is -2.31. The van der Waals surface area contributed by atoms with Gasteiger partial charge in [0.1, 0.15) is 11.6 Å². The second-order valence-corrected chi connectivity index (χ2v) is 9.01. The minimum atomic E-state index is -0.899. The topological polar surface area (TPSA) is 87.2 Å². The zero-order valence-corrected chi connectivity index (χ0v) is 16.0. The van der Waals surface area contributed by atoms with Crippen molar-refractivity contribution >= 4 is 18.0 Å². The van der Waals surface area contributed by atoms with E-state index in [0.717, 1.165) is 25.7 Å². The van der Waals surface area contributed by atoms with E-state index in [-0.39, 0.29) is 11.8 Å². The van der Waals surface area contributed by atoms with Gasteiger partial charge in [0.2, 0.25) is 5.91 Å². The highest BCUT2D eigenvalue weighted by atomic mass is 16.6. The summed E-state index contributed by atoms with van der Waals surface area (Å²) in [5.41, 5.74) is -1.21. The van der Waals surface area contributed by atoms with E-state index in [1.54, 1.807) is 9.80 Å². The minimum Gasteiger partial charge on any atom is -0.480 e. The summed E-state index contributed by atoms with van der Waals surface area (Å²) in [4.78, 5) is 40.5. The predicted molar refractivity (Wildman–Crippen MR) is 94.6 cm³/mol. The molecule has 26 heavy (non-hydrogen) atoms. The molecular weight excluding hydrogens is 336 g/mol. The third-order valence-electron chi connectivity index (χ3n) is 5.99. The molecule has 3 fully saturated rings. The third-order valence-corrected chi connectivity index (χ3v) is 5.99. The molecule has 1 spiro atoms. The van der Waals surface area contributed by atoms with E-state index in [1.165, 1.54) is 0 Å². The Balaban J connectivity index is 1.70. The number of hydrogen-bond donors (Lipinski definition) is 1. The number of likely N-dealkylation sites (tertiary alicyclic amines) is 2. The van der Waals surface area contributed by atoms with Gasteiger partial charge in [0.15, 0.2) is 0 Å². The lowest BCUT2D eigenvalue weighted by Crippen LogP contribution is -2.49. The molecule has 0 aromatic heterocycles. The van der Waals surface area contributed by atoms with Crippen molar-refractivity contribution < 1.29 is 24.2 Å². The fourth-order valence-corrected chi connectivity index (χ4v) is 4.71. The van der Waals surface area contributed by atoms with Crippen LogP contribution in [-0.2, 0) is 14.3 Å². The standard InChI is InChI=1S/C19H30N2O5/c1-18(2,3)26-17(25)20-10-8-19(12-20)9-11-21(16(19)24)14(15(22)23)13-6-4-5-7-13/h13-14H,4-12H2,1-3H3,(H,22,23)/t14?,19-/m0/s1. The Morgan fingerprint density at radius 2 is 1.81 bits per heavy atom. The van der Waals surface area contributed by atoms with Crippen LogP contribution in [-0.4, -0.2) is 64.2 Å². The molecule has 146 valence electrons. The number of ether oxygens (including phenoxy) is 1. The molecule has 3 rings (SSSR count). The van der Waals surface area contributed by atoms with E-state index in [1.807, 2.05) is 20.8 Å². The monoisotopic (exact) mass is 366 g/mol. The first-order chi connectivity index (χ1) is 12.1. The van der Waals surface area contributed by atoms with Crippen LogP contribution < -0.4 is 0 Å². The summed E-state index contributed by atoms with van der Waals surface area (Å²) >= 11 is 0. The van der Waals surface area contributed by atoms with Gasteiger partial charge in [0.25, 0.3) is 0 Å². The Labute approximate surface area is 154 Å². The Hall–Kier alpha value is -1.79. The van der Waals surface area contributed by atoms with Crippen LogP contribution in [0.3, 0.4) is 0 Å². The highest BCUT2D eigenvalue weighted by Crippen LogP contribution is 2.43. The minimum absolute atomic E-state index is 0.0509. The largest absolute Gasteiger partial charge is 0.480 e. The lowest BCUT2D eigenvalue weighted by atomic mass is 9.85. The lowest BCUT2D eigenvalue weighted by molar-refractivity contribution is -0.153. The van der Waals surface area contributed by atoms with Crippen molar-refractivity contribution in [1.82, 2.24) is 9.80 Å². The number of carboxylic acid groups (broad SMARTS) is 1. The predicted octanol–water partition coefficient (Wildman–Crippen LogP) is 2.49. The smallest absolute Gasteiger partial charge is 0.410 e. The van der Waals surface area contributed by atoms with Crippen LogP contribution in [0.2, 0.25) is 0 Å². The zero-order chi connectivity index (χ0) is 19.1. The molecule has 3 aliphatic rings. The number of carbonyl (C=O) groups excluding carboxylic acids is 2. The molecule has 2 atom stereocenters. The number of amides is 2. The molecule has 2 amide bonds. The number of hydrogen-bond acceptors (Lipinski definition) is 4. The van der Waals surface area contributed by atoms with Crippen molar-refractivity contribution in [2.75, 3.05) is 19.6 Å². The van der Waals surface area contributed by atoms with Gasteiger partial charge in [-0.3, -0.25) is 4.79 Å². The molecule has 7 heteroatoms. The number of rotatable bonds is 3. The van der Waals surface area contributed by atoms with Gasteiger partial charge in [-0.15, -0.1) is 0 Å². The van der Waals surface area contributed by atoms with Gasteiger partial charge in [-0.1, -0.05) is 12.8 Å². The van der Waals surface area contributed by atoms with Crippen LogP contribution in [0, 0.1) is 11.3 Å². The highest BCUT2D eigenvalue weighted by Gasteiger charge is 2.55. The summed E-state index contributed by atoms with van der Waals surface area (Å²) < 4.78 is 5.42. The zero-order valence-electron chi connectivity index (χ0n) is 16.0. The molecule has 1 unspecified atom stereocenters. The van der Waals surface area contributed by atoms with Gasteiger partial charge in [-0.25, -0.2) is 9.59 Å². The first-order valence-electron chi connectivity index (χ1n) is 9.65. The number of carbonyl (C=O) groups is 3. The molecule has 7 nitrogen and oxygen atoms in total. The van der Waals surface area contributed by atoms with Gasteiger partial charge >= 0.3 is 12.1 Å². The van der Waals surface area contributed by atoms with E-state index in [4.69, 9.17) is 4.74 Å². The Kier molecular flexibility index (Phi) is 4.92. The summed E-state index contributed by atoms with van der Waals surface area (Å²) in [6.07, 6.45) is 4.61. The molecule has 2 aliphatic heterocycles. The van der Waals surface area contributed by atoms with E-state index >= 15 is 0 Å². The Morgan fingerprint density at radius 1 is 1.19 bits per heavy atom. The normalized spacial score (nSPS) is 28.2. The van der Waals surface area contributed by atoms with Crippen molar-refractivity contribution in [2.45, 2.75) is 70.9 Å². The molecule has 2 heterocycles. The summed E-state index contributed by atoms with van der Waals surface area (Å²) in [6, 6.07) is -0.722. The van der Waals surface area contributed by atoms with Crippen molar-refractivity contribution in [1.29, 1.82) is 0 Å². The third kappa shape index (κ3) is 3.53. The summed E-state index contributed by atoms with van der Waals surface area (Å²) in [5.74, 6) is -0.942. The Bertz CT molecular complexity index is 593. The van der Waals surface area contributed by atoms with Crippen molar-refractivity contribution in [3.8, 4) is 0 Å². The van der Waals surface area contributed by atoms with Gasteiger partial charge in [-0.2, -0.15) is 0 Å². The second kappa shape index (κ2) is 6.74. The number of nitrogens with zero attached hydrogens (tertiary/aromatic N) is 2. The van der Waals surface area contributed by atoms with Gasteiger partial charge in [0.05, 0.1) is 5.41 Å². The fourth-order valence-electron chi connectivity index (χ4n) is 4.71. The maximum atomic E-state index is 13.2. The molecule has 1 aliphatic carbocycles. The van der Waals surface area contributed by atoms with Crippen LogP contribution in [0.1, 0.15) is 59.3 Å². The average molecular weight is 366 g/mol. The fraction of sp³-hybridized carbons (Fsp3) is 0.842. The molecule has 0 aromatic rings. The van der Waals surface area contributed by atoms with Crippen LogP contribution in [0.15, 0.2) is 0 Å². The van der Waals surface area contributed by atoms with Crippen LogP contribution in [0.25, 0.3) is 0 Å². The molecule has 1 saturated carbocycles. The van der Waals surface area contributed by atoms with Crippen molar-refractivity contribution in [3.05, 3.63) is 0 Å². The molecule has 0 radical (unpaired) electrons. The molecule has 0 aromatic carbocycles. The first-order valence-corrected chi connectivity index (χ1v) is 9.65. The second-order valence-electron chi connectivity index (χ2n) is 9.01. The van der Waals surface area contributed by atoms with E-state index in [9.17, 15) is 19.5 Å². The quantitative estimate of drug-likeness (QED) is 0.829. The van der Waals surface area contributed by atoms with Crippen molar-refractivity contribution in [3.63, 3.8) is 0 Å². The van der Waals surface area contributed by atoms with Crippen LogP contribution in [0.4, 0.5) is 4.79 Å². The van der Waals surface area contributed by atoms with E-state index < -0.39 is 29.1 Å². The van der Waals surface area contributed by atoms with Gasteiger partial charge in [0, 0.05) is 19.6 Å². The van der Waals surface area contributed by atoms with E-state index in [0.29, 0.717) is 32.5 Å². The summed E-state index contributed by atoms with van der Waals surface area (Å²) in [5, 5.41) is 9.73. The van der Waals surface area contributed by atoms with Crippen molar-refractivity contribution in [2.24, 2.45) is 11.3 Å². The molecule has 0 bridgehead atoms. The summed E-state index contributed by atoms with van der Waals surface area (Å²) in [6.45, 7) is 6.73. The van der Waals surface area contributed by atoms with Gasteiger partial charge in [-0.05, 0) is 52.4 Å². The molecule has 2 saturated heterocycles. The number of aliphatic carboxylic acids is 1. The van der Waals surface area contributed by atoms with Crippen LogP contribution >= 0.6 is 0 Å². The maximum absolute atomic E-state index is 13.2. The average Bonchev–Trinajstić information content (AvgIpc) is 3.24. The highest BCUT2D eigenvalue weighted by molar-refractivity contribution is 5.90. The molecule has 1 N–H and O–H groups in total. The molecular formula is C19H30N2O5. The van der Waals surface area contributed by atoms with Gasteiger partial charge < -0.3 is 19.6 Å². The summed E-state index contributed by atoms with van der Waals surface area (Å²) in [7, 11) is 0. The Morgan fingerprint density at radius 3 is 2.38 bits per heavy atom. The SMILES string of the molecule is CC(C)(C)OC(=O)N1CC[C@]2(CCN(C(C(=O)O)C3CCCC3)C2=O)C1. The van der Waals surface area contributed by atoms with Crippen LogP contribution in [0.5, 0.6) is 0 Å². The maximum Gasteiger partial charge on any atom is 0.410 e. The number of carboxylic acids is 1.